The third-order valence-electron chi connectivity index (χ3n) is 3.61. The fourth-order valence-corrected chi connectivity index (χ4v) is 3.39. The zero-order chi connectivity index (χ0) is 17.5. The molecule has 0 saturated heterocycles. The number of nitrogens with two attached hydrogens (primary N) is 1. The van der Waals surface area contributed by atoms with Crippen LogP contribution in [-0.4, -0.2) is 27.1 Å². The van der Waals surface area contributed by atoms with Gasteiger partial charge in [0.15, 0.2) is 5.16 Å². The average Bonchev–Trinajstić information content (AvgIpc) is 2.98. The van der Waals surface area contributed by atoms with E-state index in [1.54, 1.807) is 23.9 Å². The Morgan fingerprint density at radius 2 is 1.80 bits per heavy atom. The number of benzene rings is 2. The molecule has 0 aliphatic rings. The minimum Gasteiger partial charge on any atom is -0.492 e. The van der Waals surface area contributed by atoms with Gasteiger partial charge in [-0.2, -0.15) is 0 Å². The predicted molar refractivity (Wildman–Crippen MR) is 102 cm³/mol. The lowest BCUT2D eigenvalue weighted by Gasteiger charge is -2.10. The first-order valence-corrected chi connectivity index (χ1v) is 9.32. The molecule has 2 aromatic carbocycles. The van der Waals surface area contributed by atoms with E-state index >= 15 is 0 Å². The fraction of sp³-hybridized carbons (Fsp3) is 0.222. The van der Waals surface area contributed by atoms with Crippen molar-refractivity contribution in [2.75, 3.05) is 18.1 Å². The number of aryl methyl sites for hydroxylation is 1. The second-order valence-electron chi connectivity index (χ2n) is 5.38. The van der Waals surface area contributed by atoms with Crippen molar-refractivity contribution in [2.45, 2.75) is 18.1 Å². The molecular weight excluding hydrogens is 356 g/mol. The van der Waals surface area contributed by atoms with Crippen LogP contribution in [0.2, 0.25) is 5.02 Å². The number of nitrogen functional groups attached to an aromatic ring is 1. The van der Waals surface area contributed by atoms with Gasteiger partial charge in [0.1, 0.15) is 12.4 Å². The lowest BCUT2D eigenvalue weighted by atomic mass is 10.2. The number of anilines is 1. The van der Waals surface area contributed by atoms with Gasteiger partial charge in [0.2, 0.25) is 5.95 Å². The number of ether oxygens (including phenoxy) is 1. The van der Waals surface area contributed by atoms with Crippen LogP contribution in [0.5, 0.6) is 5.75 Å². The van der Waals surface area contributed by atoms with Gasteiger partial charge in [0, 0.05) is 10.8 Å². The van der Waals surface area contributed by atoms with Crippen LogP contribution < -0.4 is 10.5 Å². The van der Waals surface area contributed by atoms with Gasteiger partial charge in [0.25, 0.3) is 0 Å². The van der Waals surface area contributed by atoms with E-state index < -0.39 is 0 Å². The molecular formula is C18H19ClN4OS. The summed E-state index contributed by atoms with van der Waals surface area (Å²) in [5.41, 5.74) is 7.23. The van der Waals surface area contributed by atoms with Crippen molar-refractivity contribution in [3.05, 3.63) is 65.2 Å². The molecule has 0 saturated carbocycles. The number of thioether (sulfide) groups is 1. The highest BCUT2D eigenvalue weighted by molar-refractivity contribution is 7.99. The largest absolute Gasteiger partial charge is 0.492 e. The smallest absolute Gasteiger partial charge is 0.222 e. The maximum atomic E-state index is 5.93. The third-order valence-corrected chi connectivity index (χ3v) is 4.83. The Hall–Kier alpha value is -2.18. The Bertz CT molecular complexity index is 793. The van der Waals surface area contributed by atoms with Crippen molar-refractivity contribution in [2.24, 2.45) is 0 Å². The number of nitrogens with zero attached hydrogens (tertiary/aromatic N) is 3. The van der Waals surface area contributed by atoms with E-state index in [0.29, 0.717) is 24.1 Å². The number of hydrogen-bond acceptors (Lipinski definition) is 5. The van der Waals surface area contributed by atoms with E-state index in [2.05, 4.69) is 34.5 Å². The molecule has 7 heteroatoms. The Labute approximate surface area is 156 Å². The summed E-state index contributed by atoms with van der Waals surface area (Å²) in [7, 11) is 0. The molecule has 3 aromatic rings. The molecule has 1 heterocycles. The number of rotatable bonds is 8. The van der Waals surface area contributed by atoms with Crippen LogP contribution in [-0.2, 0) is 13.0 Å². The quantitative estimate of drug-likeness (QED) is 0.605. The summed E-state index contributed by atoms with van der Waals surface area (Å²) < 4.78 is 7.60. The van der Waals surface area contributed by atoms with Gasteiger partial charge in [-0.05, 0) is 36.2 Å². The van der Waals surface area contributed by atoms with Crippen LogP contribution in [0.15, 0.2) is 59.8 Å². The van der Waals surface area contributed by atoms with Gasteiger partial charge < -0.3 is 10.5 Å². The van der Waals surface area contributed by atoms with Gasteiger partial charge in [-0.1, -0.05) is 53.7 Å². The number of halogens is 1. The predicted octanol–water partition coefficient (Wildman–Crippen LogP) is 3.93. The maximum Gasteiger partial charge on any atom is 0.222 e. The zero-order valence-electron chi connectivity index (χ0n) is 13.6. The van der Waals surface area contributed by atoms with Crippen molar-refractivity contribution >= 4 is 29.3 Å². The zero-order valence-corrected chi connectivity index (χ0v) is 15.2. The molecule has 130 valence electrons. The normalized spacial score (nSPS) is 10.8. The van der Waals surface area contributed by atoms with E-state index in [1.165, 1.54) is 5.56 Å². The lowest BCUT2D eigenvalue weighted by Crippen LogP contribution is -2.12. The minimum atomic E-state index is 0.405. The molecule has 0 bridgehead atoms. The van der Waals surface area contributed by atoms with Crippen molar-refractivity contribution in [3.8, 4) is 5.75 Å². The van der Waals surface area contributed by atoms with Crippen LogP contribution in [0.3, 0.4) is 0 Å². The summed E-state index contributed by atoms with van der Waals surface area (Å²) in [6.07, 6.45) is 0.972. The Balaban J connectivity index is 1.51. The van der Waals surface area contributed by atoms with Crippen LogP contribution in [0.25, 0.3) is 0 Å². The molecule has 1 aromatic heterocycles. The lowest BCUT2D eigenvalue weighted by molar-refractivity contribution is 0.294. The van der Waals surface area contributed by atoms with Gasteiger partial charge in [-0.3, -0.25) is 4.57 Å². The number of aromatic nitrogens is 3. The summed E-state index contributed by atoms with van der Waals surface area (Å²) in [6.45, 7) is 1.07. The standard InChI is InChI=1S/C18H19ClN4OS/c19-15-6-8-16(9-7-15)24-12-11-23-17(20)21-22-18(23)25-13-10-14-4-2-1-3-5-14/h1-9H,10-13H2,(H2,20,21). The van der Waals surface area contributed by atoms with E-state index in [9.17, 15) is 0 Å². The molecule has 0 unspecified atom stereocenters. The van der Waals surface area contributed by atoms with Gasteiger partial charge in [0.05, 0.1) is 6.54 Å². The van der Waals surface area contributed by atoms with Crippen LogP contribution in [0.4, 0.5) is 5.95 Å². The molecule has 3 rings (SSSR count). The monoisotopic (exact) mass is 374 g/mol. The van der Waals surface area contributed by atoms with Gasteiger partial charge in [-0.15, -0.1) is 10.2 Å². The molecule has 0 radical (unpaired) electrons. The molecule has 25 heavy (non-hydrogen) atoms. The first-order valence-electron chi connectivity index (χ1n) is 7.96. The third kappa shape index (κ3) is 5.14. The molecule has 0 fully saturated rings. The highest BCUT2D eigenvalue weighted by Gasteiger charge is 2.10. The summed E-state index contributed by atoms with van der Waals surface area (Å²) >= 11 is 7.51. The fourth-order valence-electron chi connectivity index (χ4n) is 2.31. The Kier molecular flexibility index (Phi) is 6.19. The summed E-state index contributed by atoms with van der Waals surface area (Å²) in [4.78, 5) is 0. The Morgan fingerprint density at radius 1 is 1.04 bits per heavy atom. The molecule has 0 amide bonds. The van der Waals surface area contributed by atoms with E-state index in [0.717, 1.165) is 23.1 Å². The summed E-state index contributed by atoms with van der Waals surface area (Å²) in [5, 5.41) is 9.64. The van der Waals surface area contributed by atoms with E-state index in [4.69, 9.17) is 22.1 Å². The topological polar surface area (TPSA) is 66.0 Å². The summed E-state index contributed by atoms with van der Waals surface area (Å²) in [6, 6.07) is 17.7. The molecule has 0 spiro atoms. The van der Waals surface area contributed by atoms with E-state index in [-0.39, 0.29) is 0 Å². The van der Waals surface area contributed by atoms with Crippen molar-refractivity contribution < 1.29 is 4.74 Å². The maximum absolute atomic E-state index is 5.93. The van der Waals surface area contributed by atoms with Crippen molar-refractivity contribution in [1.29, 1.82) is 0 Å². The average molecular weight is 375 g/mol. The first-order chi connectivity index (χ1) is 12.2. The highest BCUT2D eigenvalue weighted by atomic mass is 35.5. The van der Waals surface area contributed by atoms with E-state index in [1.807, 2.05) is 22.8 Å². The number of hydrogen-bond donors (Lipinski definition) is 1. The summed E-state index contributed by atoms with van der Waals surface area (Å²) in [5.74, 6) is 2.09. The first kappa shape index (κ1) is 17.6. The minimum absolute atomic E-state index is 0.405. The molecule has 0 atom stereocenters. The SMILES string of the molecule is Nc1nnc(SCCc2ccccc2)n1CCOc1ccc(Cl)cc1. The van der Waals surface area contributed by atoms with Crippen LogP contribution in [0, 0.1) is 0 Å². The second kappa shape index (κ2) is 8.78. The molecule has 0 aliphatic heterocycles. The van der Waals surface area contributed by atoms with Crippen molar-refractivity contribution in [3.63, 3.8) is 0 Å². The van der Waals surface area contributed by atoms with Gasteiger partial charge >= 0.3 is 0 Å². The molecule has 5 nitrogen and oxygen atoms in total. The van der Waals surface area contributed by atoms with Gasteiger partial charge in [-0.25, -0.2) is 0 Å². The van der Waals surface area contributed by atoms with Crippen LogP contribution >= 0.6 is 23.4 Å². The highest BCUT2D eigenvalue weighted by Crippen LogP contribution is 2.20. The molecule has 0 aliphatic carbocycles. The molecule has 2 N–H and O–H groups in total. The van der Waals surface area contributed by atoms with Crippen molar-refractivity contribution in [1.82, 2.24) is 14.8 Å². The Morgan fingerprint density at radius 3 is 2.56 bits per heavy atom. The van der Waals surface area contributed by atoms with Crippen LogP contribution in [0.1, 0.15) is 5.56 Å². The second-order valence-corrected chi connectivity index (χ2v) is 6.88.